The predicted octanol–water partition coefficient (Wildman–Crippen LogP) is 0.326. The molecular formula is C12H23N3O. The van der Waals surface area contributed by atoms with E-state index in [1.807, 2.05) is 0 Å². The van der Waals surface area contributed by atoms with Gasteiger partial charge in [0.1, 0.15) is 0 Å². The van der Waals surface area contributed by atoms with Crippen LogP contribution in [0.25, 0.3) is 0 Å². The molecule has 1 unspecified atom stereocenters. The van der Waals surface area contributed by atoms with Crippen LogP contribution in [0.3, 0.4) is 0 Å². The fourth-order valence-corrected chi connectivity index (χ4v) is 3.01. The molecule has 1 heterocycles. The third-order valence-electron chi connectivity index (χ3n) is 3.86. The van der Waals surface area contributed by atoms with Crippen LogP contribution in [-0.4, -0.2) is 43.0 Å². The number of rotatable bonds is 5. The Morgan fingerprint density at radius 1 is 1.31 bits per heavy atom. The van der Waals surface area contributed by atoms with Gasteiger partial charge in [-0.2, -0.15) is 0 Å². The average molecular weight is 225 g/mol. The van der Waals surface area contributed by atoms with Gasteiger partial charge in [0.2, 0.25) is 5.91 Å². The Balaban J connectivity index is 1.87. The lowest BCUT2D eigenvalue weighted by atomic mass is 10.1. The first-order valence-electron chi connectivity index (χ1n) is 6.49. The van der Waals surface area contributed by atoms with Crippen LogP contribution < -0.4 is 11.1 Å². The second-order valence-electron chi connectivity index (χ2n) is 5.19. The van der Waals surface area contributed by atoms with E-state index < -0.39 is 0 Å². The Bertz CT molecular complexity index is 232. The lowest BCUT2D eigenvalue weighted by Gasteiger charge is -2.29. The maximum atomic E-state index is 11.1. The van der Waals surface area contributed by atoms with Crippen molar-refractivity contribution < 1.29 is 4.79 Å². The molecule has 4 heteroatoms. The highest BCUT2D eigenvalue weighted by atomic mass is 16.1. The summed E-state index contributed by atoms with van der Waals surface area (Å²) in [5.41, 5.74) is 5.34. The van der Waals surface area contributed by atoms with Crippen LogP contribution in [-0.2, 0) is 4.79 Å². The maximum Gasteiger partial charge on any atom is 0.231 e. The number of amides is 1. The smallest absolute Gasteiger partial charge is 0.231 e. The molecule has 1 saturated heterocycles. The van der Waals surface area contributed by atoms with Crippen molar-refractivity contribution in [3.8, 4) is 0 Å². The summed E-state index contributed by atoms with van der Waals surface area (Å²) in [4.78, 5) is 13.4. The second kappa shape index (κ2) is 5.64. The van der Waals surface area contributed by atoms with Gasteiger partial charge in [0, 0.05) is 12.6 Å². The Morgan fingerprint density at radius 2 is 2.06 bits per heavy atom. The third kappa shape index (κ3) is 3.19. The molecule has 1 amide bonds. The molecule has 0 spiro atoms. The molecule has 16 heavy (non-hydrogen) atoms. The third-order valence-corrected chi connectivity index (χ3v) is 3.86. The molecule has 2 rings (SSSR count). The molecule has 0 aromatic carbocycles. The summed E-state index contributed by atoms with van der Waals surface area (Å²) in [6.07, 6.45) is 6.34. The Labute approximate surface area is 97.6 Å². The van der Waals surface area contributed by atoms with E-state index in [0.29, 0.717) is 18.5 Å². The molecule has 4 nitrogen and oxygen atoms in total. The standard InChI is InChI=1S/C12H23N3O/c13-12(16)9-15(11-3-1-2-4-11)8-10-5-6-14-7-10/h10-11,14H,1-9H2,(H2,13,16). The fourth-order valence-electron chi connectivity index (χ4n) is 3.01. The van der Waals surface area contributed by atoms with Crippen molar-refractivity contribution in [2.45, 2.75) is 38.1 Å². The van der Waals surface area contributed by atoms with Crippen molar-refractivity contribution in [2.75, 3.05) is 26.2 Å². The lowest BCUT2D eigenvalue weighted by molar-refractivity contribution is -0.119. The largest absolute Gasteiger partial charge is 0.369 e. The first-order valence-corrected chi connectivity index (χ1v) is 6.49. The Hall–Kier alpha value is -0.610. The van der Waals surface area contributed by atoms with Crippen LogP contribution in [0.5, 0.6) is 0 Å². The van der Waals surface area contributed by atoms with E-state index >= 15 is 0 Å². The molecule has 0 bridgehead atoms. The highest BCUT2D eigenvalue weighted by Gasteiger charge is 2.27. The summed E-state index contributed by atoms with van der Waals surface area (Å²) < 4.78 is 0. The van der Waals surface area contributed by atoms with E-state index in [0.717, 1.165) is 19.6 Å². The molecule has 0 radical (unpaired) electrons. The first kappa shape index (κ1) is 11.9. The SMILES string of the molecule is NC(=O)CN(CC1CCNC1)C1CCCC1. The van der Waals surface area contributed by atoms with Crippen molar-refractivity contribution in [1.29, 1.82) is 0 Å². The van der Waals surface area contributed by atoms with Crippen LogP contribution in [0.2, 0.25) is 0 Å². The zero-order chi connectivity index (χ0) is 11.4. The van der Waals surface area contributed by atoms with Gasteiger partial charge < -0.3 is 11.1 Å². The monoisotopic (exact) mass is 225 g/mol. The van der Waals surface area contributed by atoms with Gasteiger partial charge in [-0.05, 0) is 38.3 Å². The number of nitrogens with zero attached hydrogens (tertiary/aromatic N) is 1. The molecule has 1 saturated carbocycles. The van der Waals surface area contributed by atoms with Gasteiger partial charge in [0.25, 0.3) is 0 Å². The molecule has 2 aliphatic rings. The second-order valence-corrected chi connectivity index (χ2v) is 5.19. The molecule has 0 aromatic heterocycles. The highest BCUT2D eigenvalue weighted by molar-refractivity contribution is 5.75. The molecule has 1 aliphatic carbocycles. The summed E-state index contributed by atoms with van der Waals surface area (Å²) in [5, 5.41) is 3.38. The van der Waals surface area contributed by atoms with E-state index in [4.69, 9.17) is 5.73 Å². The normalized spacial score (nSPS) is 26.7. The number of carbonyl (C=O) groups excluding carboxylic acids is 1. The van der Waals surface area contributed by atoms with Gasteiger partial charge >= 0.3 is 0 Å². The van der Waals surface area contributed by atoms with Crippen LogP contribution in [0.4, 0.5) is 0 Å². The first-order chi connectivity index (χ1) is 7.75. The zero-order valence-corrected chi connectivity index (χ0v) is 9.95. The predicted molar refractivity (Wildman–Crippen MR) is 64.0 cm³/mol. The van der Waals surface area contributed by atoms with Crippen molar-refractivity contribution in [3.63, 3.8) is 0 Å². The van der Waals surface area contributed by atoms with Crippen molar-refractivity contribution in [1.82, 2.24) is 10.2 Å². The van der Waals surface area contributed by atoms with E-state index in [1.165, 1.54) is 32.1 Å². The minimum atomic E-state index is -0.183. The fraction of sp³-hybridized carbons (Fsp3) is 0.917. The lowest BCUT2D eigenvalue weighted by Crippen LogP contribution is -2.43. The van der Waals surface area contributed by atoms with Gasteiger partial charge in [-0.3, -0.25) is 9.69 Å². The molecule has 1 atom stereocenters. The summed E-state index contributed by atoms with van der Waals surface area (Å²) in [7, 11) is 0. The van der Waals surface area contributed by atoms with E-state index in [2.05, 4.69) is 10.2 Å². The average Bonchev–Trinajstić information content (AvgIpc) is 2.88. The van der Waals surface area contributed by atoms with Crippen molar-refractivity contribution in [3.05, 3.63) is 0 Å². The zero-order valence-electron chi connectivity index (χ0n) is 9.95. The summed E-state index contributed by atoms with van der Waals surface area (Å²) >= 11 is 0. The quantitative estimate of drug-likeness (QED) is 0.709. The summed E-state index contributed by atoms with van der Waals surface area (Å²) in [6, 6.07) is 0.605. The van der Waals surface area contributed by atoms with Crippen LogP contribution in [0.1, 0.15) is 32.1 Å². The highest BCUT2D eigenvalue weighted by Crippen LogP contribution is 2.24. The van der Waals surface area contributed by atoms with Crippen molar-refractivity contribution in [2.24, 2.45) is 11.7 Å². The number of hydrogen-bond acceptors (Lipinski definition) is 3. The van der Waals surface area contributed by atoms with Gasteiger partial charge in [0.05, 0.1) is 6.54 Å². The number of nitrogens with two attached hydrogens (primary N) is 1. The van der Waals surface area contributed by atoms with Gasteiger partial charge in [-0.1, -0.05) is 12.8 Å². The number of carbonyl (C=O) groups is 1. The van der Waals surface area contributed by atoms with Crippen LogP contribution in [0, 0.1) is 5.92 Å². The molecule has 3 N–H and O–H groups in total. The molecular weight excluding hydrogens is 202 g/mol. The minimum absolute atomic E-state index is 0.183. The molecule has 0 aromatic rings. The summed E-state index contributed by atoms with van der Waals surface area (Å²) in [5.74, 6) is 0.526. The Kier molecular flexibility index (Phi) is 4.18. The number of nitrogens with one attached hydrogen (secondary N) is 1. The minimum Gasteiger partial charge on any atom is -0.369 e. The number of hydrogen-bond donors (Lipinski definition) is 2. The van der Waals surface area contributed by atoms with Gasteiger partial charge in [-0.25, -0.2) is 0 Å². The molecule has 2 fully saturated rings. The topological polar surface area (TPSA) is 58.4 Å². The van der Waals surface area contributed by atoms with Crippen LogP contribution in [0.15, 0.2) is 0 Å². The van der Waals surface area contributed by atoms with Gasteiger partial charge in [-0.15, -0.1) is 0 Å². The van der Waals surface area contributed by atoms with Crippen LogP contribution >= 0.6 is 0 Å². The number of primary amides is 1. The van der Waals surface area contributed by atoms with E-state index in [9.17, 15) is 4.79 Å². The molecule has 1 aliphatic heterocycles. The Morgan fingerprint density at radius 3 is 2.62 bits per heavy atom. The van der Waals surface area contributed by atoms with E-state index in [1.54, 1.807) is 0 Å². The van der Waals surface area contributed by atoms with E-state index in [-0.39, 0.29) is 5.91 Å². The van der Waals surface area contributed by atoms with Crippen molar-refractivity contribution >= 4 is 5.91 Å². The summed E-state index contributed by atoms with van der Waals surface area (Å²) in [6.45, 7) is 3.71. The molecule has 92 valence electrons. The maximum absolute atomic E-state index is 11.1. The van der Waals surface area contributed by atoms with Gasteiger partial charge in [0.15, 0.2) is 0 Å².